The van der Waals surface area contributed by atoms with E-state index in [9.17, 15) is 27.2 Å². The molecule has 2 heterocycles. The van der Waals surface area contributed by atoms with Gasteiger partial charge in [-0.15, -0.1) is 0 Å². The Balaban J connectivity index is 1.46. The van der Waals surface area contributed by atoms with Crippen LogP contribution >= 0.6 is 0 Å². The third kappa shape index (κ3) is 6.07. The Morgan fingerprint density at radius 3 is 2.42 bits per heavy atom. The Hall–Kier alpha value is -4.48. The highest BCUT2D eigenvalue weighted by Crippen LogP contribution is 2.33. The molecule has 0 unspecified atom stereocenters. The van der Waals surface area contributed by atoms with Crippen LogP contribution in [0.1, 0.15) is 28.8 Å². The van der Waals surface area contributed by atoms with Crippen LogP contribution in [0.15, 0.2) is 66.9 Å². The fraction of sp³-hybridized carbons (Fsp3) is 0.231. The standard InChI is InChI=1S/C26H23F4N5O3/c1-16-15-34(11-12-35(16)25(37)38-19-5-3-2-4-6-19)24(36)22-14-32-23(33-22)20(26(28,29)30)13-21(31)17-7-9-18(27)10-8-17/h2-10,13-14,16,31H,11-12,15H2,1H3,(H,32,33)/b20-13+,31-21?/t16-/m0/s1. The first-order valence-electron chi connectivity index (χ1n) is 11.5. The first-order chi connectivity index (χ1) is 18.0. The molecule has 0 bridgehead atoms. The highest BCUT2D eigenvalue weighted by molar-refractivity contribution is 6.10. The normalized spacial score (nSPS) is 16.3. The number of carbonyl (C=O) groups is 2. The Bertz CT molecular complexity index is 1350. The van der Waals surface area contributed by atoms with Crippen LogP contribution in [0, 0.1) is 11.2 Å². The molecular weight excluding hydrogens is 506 g/mol. The number of alkyl halides is 3. The Morgan fingerprint density at radius 1 is 1.11 bits per heavy atom. The molecule has 2 N–H and O–H groups in total. The molecule has 4 rings (SSSR count). The van der Waals surface area contributed by atoms with Crippen molar-refractivity contribution >= 4 is 23.3 Å². The molecule has 1 aromatic heterocycles. The number of hydrogen-bond donors (Lipinski definition) is 2. The smallest absolute Gasteiger partial charge is 0.410 e. The Kier molecular flexibility index (Phi) is 7.60. The van der Waals surface area contributed by atoms with Gasteiger partial charge < -0.3 is 24.9 Å². The number of piperazine rings is 1. The van der Waals surface area contributed by atoms with Gasteiger partial charge in [-0.25, -0.2) is 14.2 Å². The van der Waals surface area contributed by atoms with Crippen LogP contribution < -0.4 is 4.74 Å². The van der Waals surface area contributed by atoms with Gasteiger partial charge in [0.05, 0.1) is 11.9 Å². The average Bonchev–Trinajstić information content (AvgIpc) is 3.36. The van der Waals surface area contributed by atoms with Crippen LogP contribution in [-0.4, -0.2) is 69.3 Å². The predicted molar refractivity (Wildman–Crippen MR) is 130 cm³/mol. The summed E-state index contributed by atoms with van der Waals surface area (Å²) in [5.41, 5.74) is -1.86. The van der Waals surface area contributed by atoms with Crippen LogP contribution in [0.3, 0.4) is 0 Å². The molecule has 1 aliphatic rings. The van der Waals surface area contributed by atoms with Gasteiger partial charge >= 0.3 is 12.3 Å². The van der Waals surface area contributed by atoms with E-state index in [1.807, 2.05) is 0 Å². The minimum atomic E-state index is -4.89. The van der Waals surface area contributed by atoms with E-state index in [-0.39, 0.29) is 30.9 Å². The number of amides is 2. The Morgan fingerprint density at radius 2 is 1.79 bits per heavy atom. The van der Waals surface area contributed by atoms with Crippen molar-refractivity contribution in [1.82, 2.24) is 19.8 Å². The van der Waals surface area contributed by atoms with Crippen molar-refractivity contribution in [1.29, 1.82) is 5.41 Å². The molecule has 1 atom stereocenters. The summed E-state index contributed by atoms with van der Waals surface area (Å²) < 4.78 is 59.9. The molecule has 2 aromatic carbocycles. The van der Waals surface area contributed by atoms with Crippen molar-refractivity contribution in [3.05, 3.63) is 89.8 Å². The van der Waals surface area contributed by atoms with Crippen molar-refractivity contribution < 1.29 is 31.9 Å². The highest BCUT2D eigenvalue weighted by Gasteiger charge is 2.38. The first kappa shape index (κ1) is 26.6. The van der Waals surface area contributed by atoms with Crippen molar-refractivity contribution in [2.45, 2.75) is 19.1 Å². The second-order valence-corrected chi connectivity index (χ2v) is 8.60. The summed E-state index contributed by atoms with van der Waals surface area (Å²) in [5, 5.41) is 8.00. The molecular formula is C26H23F4N5O3. The van der Waals surface area contributed by atoms with Gasteiger partial charge in [0.25, 0.3) is 5.91 Å². The molecule has 0 aliphatic carbocycles. The van der Waals surface area contributed by atoms with E-state index in [1.165, 1.54) is 21.9 Å². The number of benzene rings is 2. The maximum Gasteiger partial charge on any atom is 0.420 e. The van der Waals surface area contributed by atoms with Gasteiger partial charge in [0.15, 0.2) is 0 Å². The molecule has 0 saturated carbocycles. The number of carbonyl (C=O) groups excluding carboxylic acids is 2. The molecule has 3 aromatic rings. The van der Waals surface area contributed by atoms with E-state index in [4.69, 9.17) is 10.1 Å². The molecule has 0 radical (unpaired) electrons. The molecule has 198 valence electrons. The van der Waals surface area contributed by atoms with Crippen molar-refractivity contribution in [3.8, 4) is 5.75 Å². The van der Waals surface area contributed by atoms with E-state index in [0.29, 0.717) is 11.8 Å². The second-order valence-electron chi connectivity index (χ2n) is 8.60. The number of H-pyrrole nitrogens is 1. The Labute approximate surface area is 215 Å². The van der Waals surface area contributed by atoms with Gasteiger partial charge in [0.2, 0.25) is 0 Å². The lowest BCUT2D eigenvalue weighted by atomic mass is 10.1. The molecule has 1 fully saturated rings. The average molecular weight is 529 g/mol. The van der Waals surface area contributed by atoms with E-state index < -0.39 is 47.1 Å². The number of para-hydroxylation sites is 1. The molecule has 2 amide bonds. The van der Waals surface area contributed by atoms with Crippen LogP contribution in [0.5, 0.6) is 5.75 Å². The monoisotopic (exact) mass is 529 g/mol. The third-order valence-electron chi connectivity index (χ3n) is 5.91. The number of ether oxygens (including phenoxy) is 1. The number of nitrogens with zero attached hydrogens (tertiary/aromatic N) is 3. The molecule has 8 nitrogen and oxygen atoms in total. The summed E-state index contributed by atoms with van der Waals surface area (Å²) in [6.45, 7) is 2.17. The fourth-order valence-corrected chi connectivity index (χ4v) is 3.94. The lowest BCUT2D eigenvalue weighted by Gasteiger charge is -2.38. The lowest BCUT2D eigenvalue weighted by Crippen LogP contribution is -2.56. The summed E-state index contributed by atoms with van der Waals surface area (Å²) in [7, 11) is 0. The largest absolute Gasteiger partial charge is 0.420 e. The minimum Gasteiger partial charge on any atom is -0.410 e. The number of nitrogens with one attached hydrogen (secondary N) is 2. The van der Waals surface area contributed by atoms with E-state index in [2.05, 4.69) is 9.97 Å². The molecule has 1 aliphatic heterocycles. The third-order valence-corrected chi connectivity index (χ3v) is 5.91. The number of rotatable bonds is 5. The quantitative estimate of drug-likeness (QED) is 0.362. The van der Waals surface area contributed by atoms with Gasteiger partial charge in [-0.05, 0) is 55.0 Å². The summed E-state index contributed by atoms with van der Waals surface area (Å²) in [5.74, 6) is -1.42. The zero-order valence-corrected chi connectivity index (χ0v) is 20.1. The van der Waals surface area contributed by atoms with Crippen LogP contribution in [0.25, 0.3) is 5.57 Å². The van der Waals surface area contributed by atoms with Gasteiger partial charge in [-0.1, -0.05) is 18.2 Å². The first-order valence-corrected chi connectivity index (χ1v) is 11.5. The second kappa shape index (κ2) is 10.9. The van der Waals surface area contributed by atoms with Crippen LogP contribution in [0.4, 0.5) is 22.4 Å². The highest BCUT2D eigenvalue weighted by atomic mass is 19.4. The topological polar surface area (TPSA) is 102 Å². The van der Waals surface area contributed by atoms with Crippen LogP contribution in [-0.2, 0) is 0 Å². The lowest BCUT2D eigenvalue weighted by molar-refractivity contribution is -0.0693. The number of aromatic amines is 1. The van der Waals surface area contributed by atoms with Crippen molar-refractivity contribution in [2.75, 3.05) is 19.6 Å². The number of hydrogen-bond acceptors (Lipinski definition) is 5. The SMILES string of the molecule is C[C@H]1CN(C(=O)c2cnc(/C(=C\C(=N)c3ccc(F)cc3)C(F)(F)F)[nH]2)CCN1C(=O)Oc1ccccc1. The van der Waals surface area contributed by atoms with Gasteiger partial charge in [-0.3, -0.25) is 4.79 Å². The maximum absolute atomic E-state index is 13.8. The summed E-state index contributed by atoms with van der Waals surface area (Å²) in [6, 6.07) is 12.6. The number of imidazole rings is 1. The van der Waals surface area contributed by atoms with Crippen molar-refractivity contribution in [2.24, 2.45) is 0 Å². The van der Waals surface area contributed by atoms with E-state index in [0.717, 1.165) is 18.3 Å². The number of allylic oxidation sites excluding steroid dienone is 2. The molecule has 1 saturated heterocycles. The predicted octanol–water partition coefficient (Wildman–Crippen LogP) is 4.91. The molecule has 38 heavy (non-hydrogen) atoms. The maximum atomic E-state index is 13.8. The van der Waals surface area contributed by atoms with Crippen LogP contribution in [0.2, 0.25) is 0 Å². The molecule has 0 spiro atoms. The summed E-state index contributed by atoms with van der Waals surface area (Å²) in [6.07, 6.45) is -3.88. The van der Waals surface area contributed by atoms with Gasteiger partial charge in [0.1, 0.15) is 28.7 Å². The van der Waals surface area contributed by atoms with E-state index >= 15 is 0 Å². The minimum absolute atomic E-state index is 0.0775. The van der Waals surface area contributed by atoms with Crippen molar-refractivity contribution in [3.63, 3.8) is 0 Å². The summed E-state index contributed by atoms with van der Waals surface area (Å²) in [4.78, 5) is 34.6. The number of halogens is 4. The molecule has 12 heteroatoms. The van der Waals surface area contributed by atoms with Gasteiger partial charge in [-0.2, -0.15) is 13.2 Å². The van der Waals surface area contributed by atoms with Gasteiger partial charge in [0, 0.05) is 25.7 Å². The fourth-order valence-electron chi connectivity index (χ4n) is 3.94. The number of aromatic nitrogens is 2. The zero-order chi connectivity index (χ0) is 27.4. The summed E-state index contributed by atoms with van der Waals surface area (Å²) >= 11 is 0. The zero-order valence-electron chi connectivity index (χ0n) is 20.1. The van der Waals surface area contributed by atoms with E-state index in [1.54, 1.807) is 37.3 Å².